The van der Waals surface area contributed by atoms with E-state index < -0.39 is 17.8 Å². The van der Waals surface area contributed by atoms with Crippen LogP contribution in [0.3, 0.4) is 0 Å². The molecular weight excluding hydrogens is 498 g/mol. The van der Waals surface area contributed by atoms with Gasteiger partial charge >= 0.3 is 5.97 Å². The number of nitrogens with zero attached hydrogens (tertiary/aromatic N) is 3. The Kier molecular flexibility index (Phi) is 7.87. The van der Waals surface area contributed by atoms with Crippen LogP contribution in [0.2, 0.25) is 0 Å². The van der Waals surface area contributed by atoms with Crippen molar-refractivity contribution in [1.82, 2.24) is 4.90 Å². The second-order valence-corrected chi connectivity index (χ2v) is 9.34. The number of likely N-dealkylation sites (N-methyl/N-ethyl adjacent to an activating group) is 2. The molecule has 0 saturated heterocycles. The summed E-state index contributed by atoms with van der Waals surface area (Å²) in [7, 11) is 6.42. The van der Waals surface area contributed by atoms with Gasteiger partial charge in [-0.05, 0) is 55.6 Å². The SMILES string of the molecule is COC(=O)c1ccc2c(c1)NC(=O)C2C(=Nc1ccc(N(C)C(=O)CN(C)C)c(C(N)=O)c1)c1ccccc1. The monoisotopic (exact) mass is 527 g/mol. The zero-order chi connectivity index (χ0) is 28.3. The van der Waals surface area contributed by atoms with Gasteiger partial charge in [0.15, 0.2) is 0 Å². The maximum Gasteiger partial charge on any atom is 0.337 e. The van der Waals surface area contributed by atoms with E-state index in [4.69, 9.17) is 15.5 Å². The molecule has 0 aliphatic carbocycles. The number of carbonyl (C=O) groups is 4. The van der Waals surface area contributed by atoms with Crippen LogP contribution in [0.1, 0.15) is 37.8 Å². The minimum absolute atomic E-state index is 0.122. The van der Waals surface area contributed by atoms with Crippen molar-refractivity contribution in [3.05, 3.63) is 89.0 Å². The summed E-state index contributed by atoms with van der Waals surface area (Å²) in [5.74, 6) is -2.53. The number of hydrogen-bond acceptors (Lipinski definition) is 7. The van der Waals surface area contributed by atoms with Gasteiger partial charge < -0.3 is 25.6 Å². The Balaban J connectivity index is 1.81. The Morgan fingerprint density at radius 2 is 1.69 bits per heavy atom. The number of rotatable bonds is 8. The third-order valence-corrected chi connectivity index (χ3v) is 6.33. The van der Waals surface area contributed by atoms with E-state index in [0.717, 1.165) is 0 Å². The van der Waals surface area contributed by atoms with Gasteiger partial charge in [-0.15, -0.1) is 0 Å². The van der Waals surface area contributed by atoms with Crippen LogP contribution in [-0.4, -0.2) is 69.1 Å². The molecule has 0 aromatic heterocycles. The number of fused-ring (bicyclic) bond motifs is 1. The maximum atomic E-state index is 13.2. The van der Waals surface area contributed by atoms with Crippen LogP contribution < -0.4 is 16.0 Å². The highest BCUT2D eigenvalue weighted by Gasteiger charge is 2.36. The Morgan fingerprint density at radius 3 is 2.33 bits per heavy atom. The van der Waals surface area contributed by atoms with Crippen LogP contribution in [0.15, 0.2) is 71.7 Å². The zero-order valence-electron chi connectivity index (χ0n) is 22.1. The normalized spacial score (nSPS) is 14.5. The van der Waals surface area contributed by atoms with Gasteiger partial charge in [0.1, 0.15) is 5.92 Å². The predicted octanol–water partition coefficient (Wildman–Crippen LogP) is 2.95. The third kappa shape index (κ3) is 5.70. The molecule has 3 aromatic carbocycles. The van der Waals surface area contributed by atoms with Gasteiger partial charge in [0.25, 0.3) is 5.91 Å². The number of methoxy groups -OCH3 is 1. The summed E-state index contributed by atoms with van der Waals surface area (Å²) >= 11 is 0. The van der Waals surface area contributed by atoms with E-state index in [-0.39, 0.29) is 23.9 Å². The largest absolute Gasteiger partial charge is 0.465 e. The third-order valence-electron chi connectivity index (χ3n) is 6.33. The van der Waals surface area contributed by atoms with Crippen molar-refractivity contribution in [2.45, 2.75) is 5.92 Å². The van der Waals surface area contributed by atoms with Gasteiger partial charge in [0, 0.05) is 12.7 Å². The van der Waals surface area contributed by atoms with Crippen molar-refractivity contribution < 1.29 is 23.9 Å². The molecule has 1 aliphatic heterocycles. The number of nitrogens with one attached hydrogen (secondary N) is 1. The standard InChI is InChI=1S/C29H29N5O5/c1-33(2)16-24(35)34(3)23-13-11-19(15-21(23)27(30)36)31-26(17-8-6-5-7-9-17)25-20-12-10-18(29(38)39-4)14-22(20)32-28(25)37/h5-15,25H,16H2,1-4H3,(H2,30,36)(H,32,37). The number of ether oxygens (including phenoxy) is 1. The average Bonchev–Trinajstić information content (AvgIpc) is 3.25. The molecule has 0 bridgehead atoms. The minimum Gasteiger partial charge on any atom is -0.465 e. The minimum atomic E-state index is -0.782. The molecule has 3 amide bonds. The first-order chi connectivity index (χ1) is 18.6. The first-order valence-corrected chi connectivity index (χ1v) is 12.1. The Labute approximate surface area is 226 Å². The van der Waals surface area contributed by atoms with Crippen LogP contribution in [0.25, 0.3) is 0 Å². The molecular formula is C29H29N5O5. The molecule has 1 unspecified atom stereocenters. The van der Waals surface area contributed by atoms with Crippen LogP contribution >= 0.6 is 0 Å². The van der Waals surface area contributed by atoms with Gasteiger partial charge in [-0.1, -0.05) is 36.4 Å². The van der Waals surface area contributed by atoms with E-state index in [9.17, 15) is 19.2 Å². The summed E-state index contributed by atoms with van der Waals surface area (Å²) in [4.78, 5) is 58.2. The van der Waals surface area contributed by atoms with Crippen LogP contribution in [-0.2, 0) is 14.3 Å². The molecule has 1 heterocycles. The topological polar surface area (TPSA) is 134 Å². The number of hydrogen-bond donors (Lipinski definition) is 2. The molecule has 10 heteroatoms. The number of anilines is 2. The molecule has 0 saturated carbocycles. The highest BCUT2D eigenvalue weighted by Crippen LogP contribution is 2.37. The highest BCUT2D eigenvalue weighted by atomic mass is 16.5. The molecule has 3 N–H and O–H groups in total. The van der Waals surface area contributed by atoms with E-state index in [1.54, 1.807) is 56.4 Å². The van der Waals surface area contributed by atoms with Crippen molar-refractivity contribution in [3.63, 3.8) is 0 Å². The maximum absolute atomic E-state index is 13.2. The predicted molar refractivity (Wildman–Crippen MR) is 149 cm³/mol. The van der Waals surface area contributed by atoms with Crippen molar-refractivity contribution >= 4 is 46.5 Å². The molecule has 0 fully saturated rings. The summed E-state index contributed by atoms with van der Waals surface area (Å²) in [5.41, 5.74) is 9.14. The summed E-state index contributed by atoms with van der Waals surface area (Å²) in [6, 6.07) is 18.9. The Morgan fingerprint density at radius 1 is 0.974 bits per heavy atom. The van der Waals surface area contributed by atoms with E-state index in [0.29, 0.717) is 39.5 Å². The quantitative estimate of drug-likeness (QED) is 0.342. The van der Waals surface area contributed by atoms with Crippen LogP contribution in [0.5, 0.6) is 0 Å². The molecule has 3 aromatic rings. The molecule has 0 radical (unpaired) electrons. The average molecular weight is 528 g/mol. The number of aliphatic imine (C=N–C) groups is 1. The fourth-order valence-electron chi connectivity index (χ4n) is 4.42. The summed E-state index contributed by atoms with van der Waals surface area (Å²) < 4.78 is 4.80. The number of benzene rings is 3. The lowest BCUT2D eigenvalue weighted by atomic mass is 9.90. The molecule has 200 valence electrons. The van der Waals surface area contributed by atoms with Gasteiger partial charge in [-0.2, -0.15) is 0 Å². The van der Waals surface area contributed by atoms with Crippen LogP contribution in [0, 0.1) is 0 Å². The number of carbonyl (C=O) groups excluding carboxylic acids is 4. The number of amides is 3. The lowest BCUT2D eigenvalue weighted by molar-refractivity contribution is -0.119. The van der Waals surface area contributed by atoms with E-state index >= 15 is 0 Å². The van der Waals surface area contributed by atoms with E-state index in [2.05, 4.69) is 5.32 Å². The van der Waals surface area contributed by atoms with Gasteiger partial charge in [-0.25, -0.2) is 4.79 Å². The molecule has 1 aliphatic rings. The molecule has 4 rings (SSSR count). The molecule has 1 atom stereocenters. The lowest BCUT2D eigenvalue weighted by Crippen LogP contribution is -2.36. The van der Waals surface area contributed by atoms with Crippen molar-refractivity contribution in [2.24, 2.45) is 10.7 Å². The van der Waals surface area contributed by atoms with E-state index in [1.807, 2.05) is 30.3 Å². The number of primary amides is 1. The van der Waals surface area contributed by atoms with Crippen LogP contribution in [0.4, 0.5) is 17.1 Å². The fraction of sp³-hybridized carbons (Fsp3) is 0.207. The van der Waals surface area contributed by atoms with Crippen molar-refractivity contribution in [1.29, 1.82) is 0 Å². The highest BCUT2D eigenvalue weighted by molar-refractivity contribution is 6.24. The second kappa shape index (κ2) is 11.3. The summed E-state index contributed by atoms with van der Waals surface area (Å²) in [5, 5.41) is 2.83. The van der Waals surface area contributed by atoms with Gasteiger partial charge in [-0.3, -0.25) is 19.4 Å². The fourth-order valence-corrected chi connectivity index (χ4v) is 4.42. The zero-order valence-corrected chi connectivity index (χ0v) is 22.1. The van der Waals surface area contributed by atoms with Crippen molar-refractivity contribution in [3.8, 4) is 0 Å². The van der Waals surface area contributed by atoms with Gasteiger partial charge in [0.2, 0.25) is 11.8 Å². The number of nitrogens with two attached hydrogens (primary N) is 1. The van der Waals surface area contributed by atoms with Crippen molar-refractivity contribution in [2.75, 3.05) is 45.0 Å². The Bertz CT molecular complexity index is 1480. The lowest BCUT2D eigenvalue weighted by Gasteiger charge is -2.22. The first kappa shape index (κ1) is 27.2. The smallest absolute Gasteiger partial charge is 0.337 e. The Hall–Kier alpha value is -4.83. The van der Waals surface area contributed by atoms with Gasteiger partial charge in [0.05, 0.1) is 41.9 Å². The summed E-state index contributed by atoms with van der Waals surface area (Å²) in [6.45, 7) is 0.153. The second-order valence-electron chi connectivity index (χ2n) is 9.34. The molecule has 0 spiro atoms. The first-order valence-electron chi connectivity index (χ1n) is 12.1. The van der Waals surface area contributed by atoms with E-state index in [1.165, 1.54) is 18.1 Å². The number of esters is 1. The molecule has 39 heavy (non-hydrogen) atoms. The molecule has 10 nitrogen and oxygen atoms in total. The summed E-state index contributed by atoms with van der Waals surface area (Å²) in [6.07, 6.45) is 0.